The number of aromatic nitrogens is 1. The summed E-state index contributed by atoms with van der Waals surface area (Å²) in [6.07, 6.45) is 5.84. The van der Waals surface area contributed by atoms with Crippen LogP contribution in [0.4, 0.5) is 0 Å². The van der Waals surface area contributed by atoms with Crippen LogP contribution in [0.5, 0.6) is 0 Å². The Balaban J connectivity index is 1.51. The van der Waals surface area contributed by atoms with Gasteiger partial charge in [0.2, 0.25) is 5.91 Å². The van der Waals surface area contributed by atoms with Crippen LogP contribution in [-0.4, -0.2) is 16.9 Å². The van der Waals surface area contributed by atoms with Gasteiger partial charge in [0, 0.05) is 11.4 Å². The van der Waals surface area contributed by atoms with E-state index in [9.17, 15) is 4.79 Å². The maximum atomic E-state index is 12.1. The van der Waals surface area contributed by atoms with Crippen molar-refractivity contribution in [2.75, 3.05) is 0 Å². The Hall–Kier alpha value is -0.610. The smallest absolute Gasteiger partial charge is 0.227 e. The summed E-state index contributed by atoms with van der Waals surface area (Å²) >= 11 is 7.24. The van der Waals surface area contributed by atoms with Crippen LogP contribution in [0, 0.1) is 17.8 Å². The van der Waals surface area contributed by atoms with E-state index in [-0.39, 0.29) is 5.91 Å². The lowest BCUT2D eigenvalue weighted by Crippen LogP contribution is -2.40. The first-order chi connectivity index (χ1) is 9.65. The molecule has 2 aliphatic rings. The minimum Gasteiger partial charge on any atom is -0.353 e. The Morgan fingerprint density at radius 1 is 1.55 bits per heavy atom. The van der Waals surface area contributed by atoms with Crippen molar-refractivity contribution < 1.29 is 4.79 Å². The molecule has 1 aromatic rings. The van der Waals surface area contributed by atoms with Crippen LogP contribution >= 0.6 is 22.9 Å². The molecule has 4 unspecified atom stereocenters. The summed E-state index contributed by atoms with van der Waals surface area (Å²) in [6.45, 7) is 2.16. The Morgan fingerprint density at radius 2 is 2.40 bits per heavy atom. The quantitative estimate of drug-likeness (QED) is 0.847. The highest BCUT2D eigenvalue weighted by Gasteiger charge is 2.42. The van der Waals surface area contributed by atoms with Crippen molar-refractivity contribution in [3.63, 3.8) is 0 Å². The molecule has 0 aromatic carbocycles. The average Bonchev–Trinajstić information content (AvgIpc) is 3.13. The van der Waals surface area contributed by atoms with E-state index in [0.717, 1.165) is 22.5 Å². The molecular weight excluding hydrogens is 292 g/mol. The van der Waals surface area contributed by atoms with E-state index < -0.39 is 0 Å². The predicted octanol–water partition coefficient (Wildman–Crippen LogP) is 3.37. The van der Waals surface area contributed by atoms with Crippen molar-refractivity contribution in [1.29, 1.82) is 0 Å². The van der Waals surface area contributed by atoms with Gasteiger partial charge >= 0.3 is 0 Å². The van der Waals surface area contributed by atoms with Gasteiger partial charge in [-0.1, -0.05) is 6.42 Å². The zero-order valence-corrected chi connectivity index (χ0v) is 13.3. The molecule has 1 N–H and O–H groups in total. The van der Waals surface area contributed by atoms with Gasteiger partial charge in [0.1, 0.15) is 5.01 Å². The molecule has 3 nitrogen and oxygen atoms in total. The first-order valence-corrected chi connectivity index (χ1v) is 8.85. The Kier molecular flexibility index (Phi) is 4.32. The molecule has 2 aliphatic carbocycles. The molecule has 0 spiro atoms. The molecule has 0 radical (unpaired) electrons. The molecule has 1 heterocycles. The van der Waals surface area contributed by atoms with Gasteiger partial charge in [-0.2, -0.15) is 0 Å². The lowest BCUT2D eigenvalue weighted by atomic mass is 9.84. The van der Waals surface area contributed by atoms with Crippen molar-refractivity contribution in [3.8, 4) is 0 Å². The third-order valence-corrected chi connectivity index (χ3v) is 6.04. The Labute approximate surface area is 129 Å². The molecule has 2 fully saturated rings. The van der Waals surface area contributed by atoms with Gasteiger partial charge in [0.15, 0.2) is 0 Å². The number of alkyl halides is 1. The van der Waals surface area contributed by atoms with Crippen molar-refractivity contribution in [1.82, 2.24) is 10.3 Å². The SMILES string of the molecule is CC(NC(=O)Cc1nc(CCl)cs1)C1CC2CCC1C2. The number of amides is 1. The number of nitrogens with zero attached hydrogens (tertiary/aromatic N) is 1. The highest BCUT2D eigenvalue weighted by molar-refractivity contribution is 7.09. The normalized spacial score (nSPS) is 29.6. The Morgan fingerprint density at radius 3 is 3.00 bits per heavy atom. The molecule has 1 amide bonds. The summed E-state index contributed by atoms with van der Waals surface area (Å²) in [4.78, 5) is 16.4. The van der Waals surface area contributed by atoms with Crippen molar-refractivity contribution in [2.24, 2.45) is 17.8 Å². The molecule has 110 valence electrons. The maximum absolute atomic E-state index is 12.1. The van der Waals surface area contributed by atoms with E-state index >= 15 is 0 Å². The minimum atomic E-state index is 0.0933. The van der Waals surface area contributed by atoms with Crippen LogP contribution in [0.2, 0.25) is 0 Å². The fourth-order valence-electron chi connectivity index (χ4n) is 3.95. The van der Waals surface area contributed by atoms with Crippen molar-refractivity contribution in [3.05, 3.63) is 16.1 Å². The number of rotatable bonds is 5. The fourth-order valence-corrected chi connectivity index (χ4v) is 4.97. The van der Waals surface area contributed by atoms with Gasteiger partial charge in [0.05, 0.1) is 18.0 Å². The molecule has 5 heteroatoms. The summed E-state index contributed by atoms with van der Waals surface area (Å²) in [6, 6.07) is 0.297. The van der Waals surface area contributed by atoms with Gasteiger partial charge in [-0.05, 0) is 43.9 Å². The molecule has 2 saturated carbocycles. The van der Waals surface area contributed by atoms with Crippen LogP contribution in [0.3, 0.4) is 0 Å². The maximum Gasteiger partial charge on any atom is 0.227 e. The molecular formula is C15H21ClN2OS. The number of halogens is 1. The van der Waals surface area contributed by atoms with E-state index in [4.69, 9.17) is 11.6 Å². The number of fused-ring (bicyclic) bond motifs is 2. The number of carbonyl (C=O) groups is 1. The third-order valence-electron chi connectivity index (χ3n) is 4.87. The van der Waals surface area contributed by atoms with Crippen LogP contribution in [-0.2, 0) is 17.1 Å². The lowest BCUT2D eigenvalue weighted by Gasteiger charge is -2.28. The van der Waals surface area contributed by atoms with Gasteiger partial charge < -0.3 is 5.32 Å². The average molecular weight is 313 g/mol. The summed E-state index contributed by atoms with van der Waals surface area (Å²) in [5, 5.41) is 5.96. The van der Waals surface area contributed by atoms with E-state index in [0.29, 0.717) is 24.3 Å². The second kappa shape index (κ2) is 6.02. The molecule has 20 heavy (non-hydrogen) atoms. The summed E-state index contributed by atoms with van der Waals surface area (Å²) in [5.74, 6) is 2.97. The number of hydrogen-bond donors (Lipinski definition) is 1. The minimum absolute atomic E-state index is 0.0933. The van der Waals surface area contributed by atoms with Crippen molar-refractivity contribution >= 4 is 28.8 Å². The topological polar surface area (TPSA) is 42.0 Å². The number of carbonyl (C=O) groups excluding carboxylic acids is 1. The Bertz CT molecular complexity index is 490. The molecule has 4 atom stereocenters. The first kappa shape index (κ1) is 14.3. The van der Waals surface area contributed by atoms with Gasteiger partial charge in [-0.3, -0.25) is 4.79 Å². The molecule has 1 aromatic heterocycles. The van der Waals surface area contributed by atoms with E-state index in [2.05, 4.69) is 17.2 Å². The van der Waals surface area contributed by atoms with Gasteiger partial charge in [-0.15, -0.1) is 22.9 Å². The van der Waals surface area contributed by atoms with Crippen molar-refractivity contribution in [2.45, 2.75) is 50.9 Å². The molecule has 2 bridgehead atoms. The zero-order chi connectivity index (χ0) is 14.1. The molecule has 0 saturated heterocycles. The zero-order valence-electron chi connectivity index (χ0n) is 11.8. The summed E-state index contributed by atoms with van der Waals surface area (Å²) < 4.78 is 0. The predicted molar refractivity (Wildman–Crippen MR) is 81.9 cm³/mol. The van der Waals surface area contributed by atoms with Crippen LogP contribution in [0.15, 0.2) is 5.38 Å². The largest absolute Gasteiger partial charge is 0.353 e. The van der Waals surface area contributed by atoms with E-state index in [1.54, 1.807) is 0 Å². The number of hydrogen-bond acceptors (Lipinski definition) is 3. The number of nitrogens with one attached hydrogen (secondary N) is 1. The second-order valence-corrected chi connectivity index (χ2v) is 7.45. The van der Waals surface area contributed by atoms with Crippen LogP contribution in [0.1, 0.15) is 43.3 Å². The van der Waals surface area contributed by atoms with E-state index in [1.807, 2.05) is 5.38 Å². The second-order valence-electron chi connectivity index (χ2n) is 6.24. The molecule has 0 aliphatic heterocycles. The fraction of sp³-hybridized carbons (Fsp3) is 0.733. The van der Waals surface area contributed by atoms with Crippen LogP contribution < -0.4 is 5.32 Å². The highest BCUT2D eigenvalue weighted by Crippen LogP contribution is 2.49. The third kappa shape index (κ3) is 3.01. The van der Waals surface area contributed by atoms with Crippen LogP contribution in [0.25, 0.3) is 0 Å². The molecule has 3 rings (SSSR count). The van der Waals surface area contributed by atoms with E-state index in [1.165, 1.54) is 37.0 Å². The van der Waals surface area contributed by atoms with Gasteiger partial charge in [-0.25, -0.2) is 4.98 Å². The first-order valence-electron chi connectivity index (χ1n) is 7.44. The van der Waals surface area contributed by atoms with Gasteiger partial charge in [0.25, 0.3) is 0 Å². The summed E-state index contributed by atoms with van der Waals surface area (Å²) in [7, 11) is 0. The lowest BCUT2D eigenvalue weighted by molar-refractivity contribution is -0.121. The number of thiazole rings is 1. The monoisotopic (exact) mass is 312 g/mol. The highest BCUT2D eigenvalue weighted by atomic mass is 35.5. The summed E-state index contributed by atoms with van der Waals surface area (Å²) in [5.41, 5.74) is 0.862. The standard InChI is InChI=1S/C15H21ClN2OS/c1-9(13-5-10-2-3-11(13)4-10)17-14(19)6-15-18-12(7-16)8-20-15/h8-11,13H,2-7H2,1H3,(H,17,19).